The highest BCUT2D eigenvalue weighted by Crippen LogP contribution is 2.36. The summed E-state index contributed by atoms with van der Waals surface area (Å²) in [6.45, 7) is 0. The number of rotatable bonds is 2. The zero-order valence-corrected chi connectivity index (χ0v) is 12.0. The zero-order chi connectivity index (χ0) is 13.1. The van der Waals surface area contributed by atoms with Crippen LogP contribution in [0.1, 0.15) is 44.1 Å². The summed E-state index contributed by atoms with van der Waals surface area (Å²) in [5.74, 6) is 0.244. The number of amides is 1. The summed E-state index contributed by atoms with van der Waals surface area (Å²) in [4.78, 5) is 13.6. The fourth-order valence-electron chi connectivity index (χ4n) is 3.05. The molecule has 1 unspecified atom stereocenters. The van der Waals surface area contributed by atoms with Crippen molar-refractivity contribution in [3.8, 4) is 0 Å². The molecule has 19 heavy (non-hydrogen) atoms. The predicted molar refractivity (Wildman–Crippen MR) is 79.4 cm³/mol. The quantitative estimate of drug-likeness (QED) is 0.836. The molecule has 1 aliphatic carbocycles. The Labute approximate surface area is 119 Å². The van der Waals surface area contributed by atoms with Crippen molar-refractivity contribution in [2.75, 3.05) is 0 Å². The summed E-state index contributed by atoms with van der Waals surface area (Å²) >= 11 is 1.73. The molecule has 0 saturated heterocycles. The molecule has 1 aliphatic heterocycles. The molecule has 1 aromatic rings. The van der Waals surface area contributed by atoms with E-state index < -0.39 is 0 Å². The van der Waals surface area contributed by atoms with Gasteiger partial charge in [-0.25, -0.2) is 0 Å². The Balaban J connectivity index is 1.57. The maximum absolute atomic E-state index is 12.4. The van der Waals surface area contributed by atoms with Gasteiger partial charge in [-0.05, 0) is 30.9 Å². The minimum absolute atomic E-state index is 0.0839. The molecular formula is C16H21NOS. The van der Waals surface area contributed by atoms with Gasteiger partial charge in [0.1, 0.15) is 0 Å². The predicted octanol–water partition coefficient (Wildman–Crippen LogP) is 3.54. The van der Waals surface area contributed by atoms with Crippen molar-refractivity contribution in [3.63, 3.8) is 0 Å². The van der Waals surface area contributed by atoms with Gasteiger partial charge in [0.25, 0.3) is 0 Å². The Morgan fingerprint density at radius 1 is 1.11 bits per heavy atom. The van der Waals surface area contributed by atoms with E-state index >= 15 is 0 Å². The Morgan fingerprint density at radius 2 is 1.84 bits per heavy atom. The standard InChI is InChI=1S/C16H21NOS/c18-16(17-13-8-3-1-2-4-9-13)15-11-12-7-5-6-10-14(12)19-15/h5-7,10,13,15H,1-4,8-9,11H2,(H,17,18). The van der Waals surface area contributed by atoms with Crippen LogP contribution in [-0.2, 0) is 11.2 Å². The lowest BCUT2D eigenvalue weighted by Crippen LogP contribution is -2.39. The molecule has 1 fully saturated rings. The maximum atomic E-state index is 12.4. The molecule has 1 heterocycles. The van der Waals surface area contributed by atoms with Gasteiger partial charge in [0, 0.05) is 10.9 Å². The second kappa shape index (κ2) is 6.00. The van der Waals surface area contributed by atoms with E-state index in [0.29, 0.717) is 6.04 Å². The summed E-state index contributed by atoms with van der Waals surface area (Å²) in [6.07, 6.45) is 8.41. The molecule has 1 amide bonds. The third-order valence-corrected chi connectivity index (χ3v) is 5.46. The first kappa shape index (κ1) is 13.0. The normalized spacial score (nSPS) is 23.7. The zero-order valence-electron chi connectivity index (χ0n) is 11.2. The molecule has 1 atom stereocenters. The molecule has 1 N–H and O–H groups in total. The number of carbonyl (C=O) groups excluding carboxylic acids is 1. The molecule has 0 spiro atoms. The second-order valence-corrected chi connectivity index (χ2v) is 6.86. The molecule has 0 aromatic heterocycles. The Bertz CT molecular complexity index is 427. The first-order valence-corrected chi connectivity index (χ1v) is 8.26. The molecular weight excluding hydrogens is 254 g/mol. The lowest BCUT2D eigenvalue weighted by molar-refractivity contribution is -0.121. The molecule has 0 radical (unpaired) electrons. The van der Waals surface area contributed by atoms with Gasteiger partial charge in [0.05, 0.1) is 5.25 Å². The largest absolute Gasteiger partial charge is 0.352 e. The van der Waals surface area contributed by atoms with Crippen molar-refractivity contribution in [1.82, 2.24) is 5.32 Å². The van der Waals surface area contributed by atoms with Crippen LogP contribution in [0.3, 0.4) is 0 Å². The van der Waals surface area contributed by atoms with E-state index in [-0.39, 0.29) is 11.2 Å². The van der Waals surface area contributed by atoms with E-state index in [1.54, 1.807) is 11.8 Å². The van der Waals surface area contributed by atoms with Crippen LogP contribution in [0, 0.1) is 0 Å². The molecule has 1 aromatic carbocycles. The van der Waals surface area contributed by atoms with Gasteiger partial charge in [-0.1, -0.05) is 43.9 Å². The van der Waals surface area contributed by atoms with Gasteiger partial charge in [-0.2, -0.15) is 0 Å². The third-order valence-electron chi connectivity index (χ3n) is 4.14. The van der Waals surface area contributed by atoms with Crippen LogP contribution in [0.2, 0.25) is 0 Å². The number of thioether (sulfide) groups is 1. The van der Waals surface area contributed by atoms with Crippen LogP contribution in [0.15, 0.2) is 29.2 Å². The van der Waals surface area contributed by atoms with Crippen LogP contribution in [0.25, 0.3) is 0 Å². The summed E-state index contributed by atoms with van der Waals surface area (Å²) < 4.78 is 0. The molecule has 102 valence electrons. The summed E-state index contributed by atoms with van der Waals surface area (Å²) in [5.41, 5.74) is 1.33. The average Bonchev–Trinajstić information content (AvgIpc) is 2.70. The van der Waals surface area contributed by atoms with Crippen molar-refractivity contribution < 1.29 is 4.79 Å². The van der Waals surface area contributed by atoms with Crippen LogP contribution in [0.4, 0.5) is 0 Å². The maximum Gasteiger partial charge on any atom is 0.234 e. The number of nitrogens with one attached hydrogen (secondary N) is 1. The van der Waals surface area contributed by atoms with Crippen molar-refractivity contribution in [2.45, 2.75) is 61.1 Å². The van der Waals surface area contributed by atoms with Gasteiger partial charge in [0.2, 0.25) is 5.91 Å². The smallest absolute Gasteiger partial charge is 0.234 e. The van der Waals surface area contributed by atoms with Crippen molar-refractivity contribution in [2.24, 2.45) is 0 Å². The van der Waals surface area contributed by atoms with Crippen LogP contribution < -0.4 is 5.32 Å². The number of carbonyl (C=O) groups is 1. The van der Waals surface area contributed by atoms with Gasteiger partial charge in [-0.3, -0.25) is 4.79 Å². The summed E-state index contributed by atoms with van der Waals surface area (Å²) in [7, 11) is 0. The fourth-order valence-corrected chi connectivity index (χ4v) is 4.25. The molecule has 3 heteroatoms. The average molecular weight is 275 g/mol. The lowest BCUT2D eigenvalue weighted by atomic mass is 10.1. The first-order chi connectivity index (χ1) is 9.33. The molecule has 2 aliphatic rings. The van der Waals surface area contributed by atoms with Gasteiger partial charge >= 0.3 is 0 Å². The Morgan fingerprint density at radius 3 is 2.58 bits per heavy atom. The first-order valence-electron chi connectivity index (χ1n) is 7.38. The van der Waals surface area contributed by atoms with Crippen molar-refractivity contribution in [1.29, 1.82) is 0 Å². The highest BCUT2D eigenvalue weighted by Gasteiger charge is 2.29. The number of hydrogen-bond donors (Lipinski definition) is 1. The van der Waals surface area contributed by atoms with Crippen LogP contribution >= 0.6 is 11.8 Å². The highest BCUT2D eigenvalue weighted by molar-refractivity contribution is 8.01. The third kappa shape index (κ3) is 3.14. The van der Waals surface area contributed by atoms with E-state index in [4.69, 9.17) is 0 Å². The SMILES string of the molecule is O=C(NC1CCCCCC1)C1Cc2ccccc2S1. The molecule has 3 rings (SSSR count). The van der Waals surface area contributed by atoms with E-state index in [1.807, 2.05) is 0 Å². The Kier molecular flexibility index (Phi) is 4.12. The van der Waals surface area contributed by atoms with Crippen molar-refractivity contribution >= 4 is 17.7 Å². The van der Waals surface area contributed by atoms with E-state index in [2.05, 4.69) is 29.6 Å². The van der Waals surface area contributed by atoms with E-state index in [9.17, 15) is 4.79 Å². The Hall–Kier alpha value is -0.960. The van der Waals surface area contributed by atoms with Gasteiger partial charge in [0.15, 0.2) is 0 Å². The molecule has 0 bridgehead atoms. The second-order valence-electron chi connectivity index (χ2n) is 5.62. The van der Waals surface area contributed by atoms with Crippen LogP contribution in [0.5, 0.6) is 0 Å². The van der Waals surface area contributed by atoms with Gasteiger partial charge < -0.3 is 5.32 Å². The van der Waals surface area contributed by atoms with E-state index in [1.165, 1.54) is 36.1 Å². The van der Waals surface area contributed by atoms with Crippen LogP contribution in [-0.4, -0.2) is 17.2 Å². The number of fused-ring (bicyclic) bond motifs is 1. The van der Waals surface area contributed by atoms with E-state index in [0.717, 1.165) is 19.3 Å². The number of benzene rings is 1. The fraction of sp³-hybridized carbons (Fsp3) is 0.562. The minimum atomic E-state index is 0.0839. The lowest BCUT2D eigenvalue weighted by Gasteiger charge is -2.18. The summed E-state index contributed by atoms with van der Waals surface area (Å²) in [6, 6.07) is 8.79. The summed E-state index contributed by atoms with van der Waals surface area (Å²) in [5, 5.41) is 3.36. The minimum Gasteiger partial charge on any atom is -0.352 e. The van der Waals surface area contributed by atoms with Crippen molar-refractivity contribution in [3.05, 3.63) is 29.8 Å². The monoisotopic (exact) mass is 275 g/mol. The van der Waals surface area contributed by atoms with Gasteiger partial charge in [-0.15, -0.1) is 11.8 Å². The molecule has 1 saturated carbocycles. The highest BCUT2D eigenvalue weighted by atomic mass is 32.2. The topological polar surface area (TPSA) is 29.1 Å². The number of hydrogen-bond acceptors (Lipinski definition) is 2. The molecule has 2 nitrogen and oxygen atoms in total.